The van der Waals surface area contributed by atoms with Crippen molar-refractivity contribution in [3.63, 3.8) is 0 Å². The fourth-order valence-electron chi connectivity index (χ4n) is 3.29. The number of carbonyl (C=O) groups is 2. The van der Waals surface area contributed by atoms with Gasteiger partial charge in [0, 0.05) is 11.5 Å². The SMILES string of the molecule is Cc1ccc(C2Cc3ccccc3C(=O)C2CC(=O)O)cc1. The second-order valence-corrected chi connectivity index (χ2v) is 5.95. The minimum atomic E-state index is -0.921. The third-order valence-corrected chi connectivity index (χ3v) is 4.45. The van der Waals surface area contributed by atoms with Crippen LogP contribution in [0.3, 0.4) is 0 Å². The van der Waals surface area contributed by atoms with Crippen LogP contribution in [0.5, 0.6) is 0 Å². The van der Waals surface area contributed by atoms with Gasteiger partial charge in [0.25, 0.3) is 0 Å². The number of carboxylic acids is 1. The minimum Gasteiger partial charge on any atom is -0.481 e. The van der Waals surface area contributed by atoms with Crippen molar-refractivity contribution in [3.8, 4) is 0 Å². The number of Topliss-reactive ketones (excluding diaryl/α,β-unsaturated/α-hetero) is 1. The molecule has 0 radical (unpaired) electrons. The van der Waals surface area contributed by atoms with Crippen molar-refractivity contribution in [3.05, 3.63) is 70.8 Å². The van der Waals surface area contributed by atoms with Gasteiger partial charge in [0.2, 0.25) is 0 Å². The zero-order valence-corrected chi connectivity index (χ0v) is 12.5. The zero-order chi connectivity index (χ0) is 15.7. The molecule has 2 aromatic carbocycles. The van der Waals surface area contributed by atoms with Crippen LogP contribution in [-0.2, 0) is 11.2 Å². The van der Waals surface area contributed by atoms with E-state index in [2.05, 4.69) is 0 Å². The first-order chi connectivity index (χ1) is 10.6. The van der Waals surface area contributed by atoms with Gasteiger partial charge in [0.1, 0.15) is 0 Å². The topological polar surface area (TPSA) is 54.4 Å². The van der Waals surface area contributed by atoms with Gasteiger partial charge in [-0.05, 0) is 30.4 Å². The number of aliphatic carboxylic acids is 1. The van der Waals surface area contributed by atoms with Crippen LogP contribution in [0.4, 0.5) is 0 Å². The first-order valence-corrected chi connectivity index (χ1v) is 7.46. The summed E-state index contributed by atoms with van der Waals surface area (Å²) in [5, 5.41) is 9.19. The Bertz CT molecular complexity index is 716. The van der Waals surface area contributed by atoms with Crippen molar-refractivity contribution in [2.75, 3.05) is 0 Å². The quantitative estimate of drug-likeness (QED) is 0.941. The van der Waals surface area contributed by atoms with E-state index < -0.39 is 11.9 Å². The summed E-state index contributed by atoms with van der Waals surface area (Å²) < 4.78 is 0. The Morgan fingerprint density at radius 2 is 1.82 bits per heavy atom. The van der Waals surface area contributed by atoms with Gasteiger partial charge in [-0.25, -0.2) is 0 Å². The van der Waals surface area contributed by atoms with Gasteiger partial charge in [-0.1, -0.05) is 54.1 Å². The summed E-state index contributed by atoms with van der Waals surface area (Å²) in [4.78, 5) is 23.9. The maximum atomic E-state index is 12.7. The average Bonchev–Trinajstić information content (AvgIpc) is 2.50. The highest BCUT2D eigenvalue weighted by Gasteiger charge is 2.37. The molecule has 1 N–H and O–H groups in total. The molecule has 0 bridgehead atoms. The molecule has 0 saturated heterocycles. The summed E-state index contributed by atoms with van der Waals surface area (Å²) in [5.74, 6) is -1.53. The van der Waals surface area contributed by atoms with Crippen LogP contribution in [0, 0.1) is 12.8 Å². The highest BCUT2D eigenvalue weighted by atomic mass is 16.4. The average molecular weight is 294 g/mol. The summed E-state index contributed by atoms with van der Waals surface area (Å²) in [6.45, 7) is 2.01. The summed E-state index contributed by atoms with van der Waals surface area (Å²) >= 11 is 0. The van der Waals surface area contributed by atoms with Crippen LogP contribution < -0.4 is 0 Å². The Hall–Kier alpha value is -2.42. The lowest BCUT2D eigenvalue weighted by atomic mass is 9.70. The normalized spacial score (nSPS) is 20.5. The van der Waals surface area contributed by atoms with Gasteiger partial charge < -0.3 is 5.11 Å². The van der Waals surface area contributed by atoms with Crippen molar-refractivity contribution < 1.29 is 14.7 Å². The van der Waals surface area contributed by atoms with Crippen LogP contribution in [0.25, 0.3) is 0 Å². The van der Waals surface area contributed by atoms with E-state index >= 15 is 0 Å². The Balaban J connectivity index is 2.04. The van der Waals surface area contributed by atoms with Crippen molar-refractivity contribution in [2.45, 2.75) is 25.7 Å². The van der Waals surface area contributed by atoms with Crippen LogP contribution in [0.1, 0.15) is 39.4 Å². The summed E-state index contributed by atoms with van der Waals surface area (Å²) in [7, 11) is 0. The van der Waals surface area contributed by atoms with E-state index in [1.807, 2.05) is 49.4 Å². The van der Waals surface area contributed by atoms with Gasteiger partial charge in [0.05, 0.1) is 6.42 Å². The Morgan fingerprint density at radius 1 is 1.14 bits per heavy atom. The van der Waals surface area contributed by atoms with E-state index in [9.17, 15) is 14.7 Å². The number of rotatable bonds is 3. The number of aryl methyl sites for hydroxylation is 1. The molecule has 0 aliphatic heterocycles. The van der Waals surface area contributed by atoms with Gasteiger partial charge in [-0.3, -0.25) is 9.59 Å². The van der Waals surface area contributed by atoms with Crippen LogP contribution in [0.15, 0.2) is 48.5 Å². The Kier molecular flexibility index (Phi) is 3.80. The second-order valence-electron chi connectivity index (χ2n) is 5.95. The molecule has 0 heterocycles. The van der Waals surface area contributed by atoms with E-state index in [4.69, 9.17) is 0 Å². The summed E-state index contributed by atoms with van der Waals surface area (Å²) in [6.07, 6.45) is 0.592. The number of fused-ring (bicyclic) bond motifs is 1. The fourth-order valence-corrected chi connectivity index (χ4v) is 3.29. The molecule has 22 heavy (non-hydrogen) atoms. The van der Waals surface area contributed by atoms with Gasteiger partial charge in [-0.2, -0.15) is 0 Å². The largest absolute Gasteiger partial charge is 0.481 e. The monoisotopic (exact) mass is 294 g/mol. The predicted octanol–water partition coefficient (Wildman–Crippen LogP) is 3.61. The summed E-state index contributed by atoms with van der Waals surface area (Å²) in [6, 6.07) is 15.6. The minimum absolute atomic E-state index is 0.0465. The lowest BCUT2D eigenvalue weighted by Gasteiger charge is -2.31. The number of benzene rings is 2. The standard InChI is InChI=1S/C19H18O3/c1-12-6-8-13(9-7-12)16-10-14-4-2-3-5-15(14)19(22)17(16)11-18(20)21/h2-9,16-17H,10-11H2,1H3,(H,20,21). The first kappa shape index (κ1) is 14.5. The molecule has 1 aliphatic carbocycles. The number of hydrogen-bond donors (Lipinski definition) is 1. The van der Waals surface area contributed by atoms with Gasteiger partial charge in [-0.15, -0.1) is 0 Å². The molecular weight excluding hydrogens is 276 g/mol. The maximum Gasteiger partial charge on any atom is 0.304 e. The van der Waals surface area contributed by atoms with Crippen molar-refractivity contribution >= 4 is 11.8 Å². The number of carbonyl (C=O) groups excluding carboxylic acids is 1. The van der Waals surface area contributed by atoms with Gasteiger partial charge >= 0.3 is 5.97 Å². The molecule has 0 amide bonds. The van der Waals surface area contributed by atoms with Crippen LogP contribution in [0.2, 0.25) is 0 Å². The molecule has 3 rings (SSSR count). The zero-order valence-electron chi connectivity index (χ0n) is 12.5. The number of hydrogen-bond acceptors (Lipinski definition) is 2. The molecule has 112 valence electrons. The highest BCUT2D eigenvalue weighted by Crippen LogP contribution is 2.38. The van der Waals surface area contributed by atoms with E-state index in [0.29, 0.717) is 12.0 Å². The smallest absolute Gasteiger partial charge is 0.304 e. The fraction of sp³-hybridized carbons (Fsp3) is 0.263. The first-order valence-electron chi connectivity index (χ1n) is 7.46. The predicted molar refractivity (Wildman–Crippen MR) is 84.1 cm³/mol. The molecule has 1 aliphatic rings. The van der Waals surface area contributed by atoms with Crippen molar-refractivity contribution in [1.29, 1.82) is 0 Å². The van der Waals surface area contributed by atoms with Crippen molar-refractivity contribution in [2.24, 2.45) is 5.92 Å². The second kappa shape index (κ2) is 5.76. The third-order valence-electron chi connectivity index (χ3n) is 4.45. The molecule has 3 nitrogen and oxygen atoms in total. The molecule has 3 heteroatoms. The Labute approximate surface area is 129 Å². The molecule has 0 spiro atoms. The maximum absolute atomic E-state index is 12.7. The van der Waals surface area contributed by atoms with Crippen LogP contribution in [-0.4, -0.2) is 16.9 Å². The van der Waals surface area contributed by atoms with E-state index in [1.54, 1.807) is 6.07 Å². The number of carboxylic acid groups (broad SMARTS) is 1. The molecule has 0 fully saturated rings. The molecule has 0 aromatic heterocycles. The third kappa shape index (κ3) is 2.67. The molecular formula is C19H18O3. The van der Waals surface area contributed by atoms with Crippen LogP contribution >= 0.6 is 0 Å². The molecule has 2 atom stereocenters. The summed E-state index contributed by atoms with van der Waals surface area (Å²) in [5.41, 5.74) is 3.89. The van der Waals surface area contributed by atoms with Crippen molar-refractivity contribution in [1.82, 2.24) is 0 Å². The molecule has 2 unspecified atom stereocenters. The van der Waals surface area contributed by atoms with E-state index in [-0.39, 0.29) is 18.1 Å². The number of ketones is 1. The molecule has 0 saturated carbocycles. The lowest BCUT2D eigenvalue weighted by Crippen LogP contribution is -2.32. The van der Waals surface area contributed by atoms with Gasteiger partial charge in [0.15, 0.2) is 5.78 Å². The van der Waals surface area contributed by atoms with E-state index in [0.717, 1.165) is 16.7 Å². The van der Waals surface area contributed by atoms with E-state index in [1.165, 1.54) is 0 Å². The lowest BCUT2D eigenvalue weighted by molar-refractivity contribution is -0.138. The Morgan fingerprint density at radius 3 is 2.50 bits per heavy atom. The highest BCUT2D eigenvalue weighted by molar-refractivity contribution is 6.02. The molecule has 2 aromatic rings.